The van der Waals surface area contributed by atoms with Gasteiger partial charge in [-0.25, -0.2) is 4.68 Å². The van der Waals surface area contributed by atoms with Gasteiger partial charge in [0.1, 0.15) is 5.82 Å². The number of methoxy groups -OCH3 is 2. The first kappa shape index (κ1) is 21.1. The molecule has 2 heterocycles. The van der Waals surface area contributed by atoms with Crippen molar-refractivity contribution >= 4 is 29.6 Å². The Bertz CT molecular complexity index is 1170. The SMILES string of the molecule is COc1ccc(C=CC(=O)Nc2c3c(nn2-c2ccc(C)cc2C)CSC3)cc1OC. The van der Waals surface area contributed by atoms with Gasteiger partial charge in [-0.1, -0.05) is 23.8 Å². The van der Waals surface area contributed by atoms with Gasteiger partial charge in [0.25, 0.3) is 0 Å². The summed E-state index contributed by atoms with van der Waals surface area (Å²) in [5, 5.41) is 7.85. The molecule has 7 heteroatoms. The maximum Gasteiger partial charge on any atom is 0.249 e. The van der Waals surface area contributed by atoms with Crippen LogP contribution < -0.4 is 14.8 Å². The number of amides is 1. The van der Waals surface area contributed by atoms with E-state index in [1.807, 2.05) is 34.6 Å². The monoisotopic (exact) mass is 435 g/mol. The van der Waals surface area contributed by atoms with E-state index in [9.17, 15) is 4.79 Å². The first-order valence-corrected chi connectivity index (χ1v) is 11.1. The third-order valence-electron chi connectivity index (χ3n) is 5.21. The number of nitrogens with zero attached hydrogens (tertiary/aromatic N) is 2. The highest BCUT2D eigenvalue weighted by Crippen LogP contribution is 2.36. The Kier molecular flexibility index (Phi) is 6.04. The average Bonchev–Trinajstić information content (AvgIpc) is 3.35. The molecule has 2 aromatic carbocycles. The normalized spacial score (nSPS) is 12.8. The van der Waals surface area contributed by atoms with E-state index in [2.05, 4.69) is 37.4 Å². The summed E-state index contributed by atoms with van der Waals surface area (Å²) in [6, 6.07) is 11.8. The van der Waals surface area contributed by atoms with Gasteiger partial charge < -0.3 is 14.8 Å². The fraction of sp³-hybridized carbons (Fsp3) is 0.250. The quantitative estimate of drug-likeness (QED) is 0.558. The van der Waals surface area contributed by atoms with Crippen molar-refractivity contribution < 1.29 is 14.3 Å². The maximum absolute atomic E-state index is 12.8. The highest BCUT2D eigenvalue weighted by Gasteiger charge is 2.24. The van der Waals surface area contributed by atoms with Crippen LogP contribution in [0.3, 0.4) is 0 Å². The Balaban J connectivity index is 1.61. The third kappa shape index (κ3) is 4.32. The van der Waals surface area contributed by atoms with Crippen molar-refractivity contribution in [3.05, 3.63) is 70.4 Å². The highest BCUT2D eigenvalue weighted by atomic mass is 32.2. The highest BCUT2D eigenvalue weighted by molar-refractivity contribution is 7.98. The van der Waals surface area contributed by atoms with E-state index in [0.29, 0.717) is 11.5 Å². The van der Waals surface area contributed by atoms with Crippen LogP contribution >= 0.6 is 11.8 Å². The fourth-order valence-corrected chi connectivity index (χ4v) is 4.68. The molecule has 31 heavy (non-hydrogen) atoms. The first-order chi connectivity index (χ1) is 15.0. The minimum absolute atomic E-state index is 0.208. The number of aromatic nitrogens is 2. The molecule has 0 aliphatic carbocycles. The smallest absolute Gasteiger partial charge is 0.249 e. The van der Waals surface area contributed by atoms with E-state index in [4.69, 9.17) is 14.6 Å². The lowest BCUT2D eigenvalue weighted by Crippen LogP contribution is -2.14. The predicted molar refractivity (Wildman–Crippen MR) is 125 cm³/mol. The molecule has 0 fully saturated rings. The summed E-state index contributed by atoms with van der Waals surface area (Å²) >= 11 is 1.81. The van der Waals surface area contributed by atoms with E-state index in [1.165, 1.54) is 11.6 Å². The number of benzene rings is 2. The number of nitrogens with one attached hydrogen (secondary N) is 1. The van der Waals surface area contributed by atoms with Crippen molar-refractivity contribution in [1.82, 2.24) is 9.78 Å². The average molecular weight is 436 g/mol. The molecule has 0 radical (unpaired) electrons. The van der Waals surface area contributed by atoms with Crippen LogP contribution in [0.15, 0.2) is 42.5 Å². The van der Waals surface area contributed by atoms with Crippen molar-refractivity contribution in [2.75, 3.05) is 19.5 Å². The Morgan fingerprint density at radius 3 is 2.65 bits per heavy atom. The number of aryl methyl sites for hydroxylation is 2. The number of fused-ring (bicyclic) bond motifs is 1. The number of hydrogen-bond donors (Lipinski definition) is 1. The van der Waals surface area contributed by atoms with E-state index in [-0.39, 0.29) is 5.91 Å². The van der Waals surface area contributed by atoms with Crippen LogP contribution in [-0.4, -0.2) is 29.9 Å². The van der Waals surface area contributed by atoms with Crippen LogP contribution in [-0.2, 0) is 16.3 Å². The maximum atomic E-state index is 12.8. The van der Waals surface area contributed by atoms with Gasteiger partial charge in [0.05, 0.1) is 25.6 Å². The van der Waals surface area contributed by atoms with Crippen LogP contribution in [0.4, 0.5) is 5.82 Å². The minimum atomic E-state index is -0.208. The van der Waals surface area contributed by atoms with E-state index >= 15 is 0 Å². The molecule has 3 aromatic rings. The summed E-state index contributed by atoms with van der Waals surface area (Å²) in [6.45, 7) is 4.13. The number of ether oxygens (including phenoxy) is 2. The van der Waals surface area contributed by atoms with Gasteiger partial charge in [-0.05, 0) is 49.2 Å². The molecule has 0 unspecified atom stereocenters. The van der Waals surface area contributed by atoms with Crippen LogP contribution in [0.1, 0.15) is 27.9 Å². The first-order valence-electron chi connectivity index (χ1n) is 9.97. The third-order valence-corrected chi connectivity index (χ3v) is 6.18. The van der Waals surface area contributed by atoms with Gasteiger partial charge in [0.15, 0.2) is 11.5 Å². The zero-order valence-corrected chi connectivity index (χ0v) is 18.9. The van der Waals surface area contributed by atoms with E-state index in [1.54, 1.807) is 20.3 Å². The number of rotatable bonds is 6. The summed E-state index contributed by atoms with van der Waals surface area (Å²) in [4.78, 5) is 12.8. The van der Waals surface area contributed by atoms with Crippen molar-refractivity contribution in [3.63, 3.8) is 0 Å². The topological polar surface area (TPSA) is 65.4 Å². The zero-order chi connectivity index (χ0) is 22.0. The summed E-state index contributed by atoms with van der Waals surface area (Å²) in [5.74, 6) is 3.50. The number of hydrogen-bond acceptors (Lipinski definition) is 5. The summed E-state index contributed by atoms with van der Waals surface area (Å²) in [6.07, 6.45) is 3.28. The summed E-state index contributed by atoms with van der Waals surface area (Å²) in [5.41, 5.74) is 6.26. The van der Waals surface area contributed by atoms with Crippen LogP contribution in [0.5, 0.6) is 11.5 Å². The molecule has 1 N–H and O–H groups in total. The Morgan fingerprint density at radius 2 is 1.90 bits per heavy atom. The molecular weight excluding hydrogens is 410 g/mol. The number of thioether (sulfide) groups is 1. The van der Waals surface area contributed by atoms with Gasteiger partial charge in [0, 0.05) is 23.1 Å². The Labute approximate surface area is 186 Å². The minimum Gasteiger partial charge on any atom is -0.493 e. The number of carbonyl (C=O) groups excluding carboxylic acids is 1. The number of carbonyl (C=O) groups is 1. The fourth-order valence-electron chi connectivity index (χ4n) is 3.65. The van der Waals surface area contributed by atoms with E-state index < -0.39 is 0 Å². The Morgan fingerprint density at radius 1 is 1.10 bits per heavy atom. The molecule has 6 nitrogen and oxygen atoms in total. The van der Waals surface area contributed by atoms with Crippen molar-refractivity contribution in [2.45, 2.75) is 25.4 Å². The number of anilines is 1. The van der Waals surface area contributed by atoms with Crippen LogP contribution in [0.25, 0.3) is 11.8 Å². The predicted octanol–water partition coefficient (Wildman–Crippen LogP) is 4.91. The lowest BCUT2D eigenvalue weighted by atomic mass is 10.1. The van der Waals surface area contributed by atoms with Crippen molar-refractivity contribution in [2.24, 2.45) is 0 Å². The molecule has 0 bridgehead atoms. The van der Waals surface area contributed by atoms with Crippen molar-refractivity contribution in [3.8, 4) is 17.2 Å². The van der Waals surface area contributed by atoms with Gasteiger partial charge in [0.2, 0.25) is 5.91 Å². The molecule has 1 aromatic heterocycles. The molecule has 0 atom stereocenters. The van der Waals surface area contributed by atoms with Crippen molar-refractivity contribution in [1.29, 1.82) is 0 Å². The molecule has 0 saturated carbocycles. The zero-order valence-electron chi connectivity index (χ0n) is 18.1. The molecule has 1 aliphatic rings. The van der Waals surface area contributed by atoms with Crippen LogP contribution in [0, 0.1) is 13.8 Å². The lowest BCUT2D eigenvalue weighted by molar-refractivity contribution is -0.111. The lowest BCUT2D eigenvalue weighted by Gasteiger charge is -2.12. The molecule has 0 spiro atoms. The van der Waals surface area contributed by atoms with E-state index in [0.717, 1.165) is 45.4 Å². The Hall–Kier alpha value is -3.19. The molecule has 4 rings (SSSR count). The molecule has 0 saturated heterocycles. The van der Waals surface area contributed by atoms with Gasteiger partial charge in [-0.2, -0.15) is 16.9 Å². The molecule has 1 aliphatic heterocycles. The second kappa shape index (κ2) is 8.89. The van der Waals surface area contributed by atoms with Gasteiger partial charge >= 0.3 is 0 Å². The van der Waals surface area contributed by atoms with Gasteiger partial charge in [-0.15, -0.1) is 0 Å². The summed E-state index contributed by atoms with van der Waals surface area (Å²) in [7, 11) is 3.18. The largest absolute Gasteiger partial charge is 0.493 e. The molecular formula is C24H25N3O3S. The van der Waals surface area contributed by atoms with Crippen LogP contribution in [0.2, 0.25) is 0 Å². The second-order valence-corrected chi connectivity index (χ2v) is 8.39. The summed E-state index contributed by atoms with van der Waals surface area (Å²) < 4.78 is 12.5. The molecule has 160 valence electrons. The standard InChI is InChI=1S/C24H25N3O3S/c1-15-5-8-20(16(2)11-15)27-24(18-13-31-14-19(18)26-27)25-23(28)10-7-17-6-9-21(29-3)22(12-17)30-4/h5-12H,13-14H2,1-4H3,(H,25,28). The second-order valence-electron chi connectivity index (χ2n) is 7.41. The molecule has 1 amide bonds. The van der Waals surface area contributed by atoms with Gasteiger partial charge in [-0.3, -0.25) is 4.79 Å².